The van der Waals surface area contributed by atoms with Crippen LogP contribution in [-0.4, -0.2) is 15.8 Å². The molecule has 1 unspecified atom stereocenters. The van der Waals surface area contributed by atoms with Crippen LogP contribution in [0.5, 0.6) is 0 Å². The fourth-order valence-corrected chi connectivity index (χ4v) is 1.88. The van der Waals surface area contributed by atoms with Gasteiger partial charge in [-0.15, -0.1) is 0 Å². The molecule has 1 atom stereocenters. The lowest BCUT2D eigenvalue weighted by Gasteiger charge is -2.10. The van der Waals surface area contributed by atoms with Crippen LogP contribution in [-0.2, 0) is 13.5 Å². The van der Waals surface area contributed by atoms with Crippen LogP contribution in [0, 0.1) is 5.92 Å². The highest BCUT2D eigenvalue weighted by Crippen LogP contribution is 2.33. The van der Waals surface area contributed by atoms with Crippen molar-refractivity contribution in [2.24, 2.45) is 18.7 Å². The van der Waals surface area contributed by atoms with Gasteiger partial charge in [-0.1, -0.05) is 12.8 Å². The predicted molar refractivity (Wildman–Crippen MR) is 56.8 cm³/mol. The number of hydrogen-bond acceptors (Lipinski definition) is 2. The molecule has 1 aliphatic rings. The average Bonchev–Trinajstić information content (AvgIpc) is 2.86. The number of rotatable bonds is 5. The fourth-order valence-electron chi connectivity index (χ4n) is 1.88. The molecule has 1 aliphatic carbocycles. The van der Waals surface area contributed by atoms with E-state index in [-0.39, 0.29) is 0 Å². The Labute approximate surface area is 85.3 Å². The van der Waals surface area contributed by atoms with Crippen molar-refractivity contribution >= 4 is 0 Å². The maximum absolute atomic E-state index is 6.05. The Morgan fingerprint density at radius 2 is 2.43 bits per heavy atom. The van der Waals surface area contributed by atoms with Crippen LogP contribution in [0.2, 0.25) is 0 Å². The van der Waals surface area contributed by atoms with E-state index in [0.717, 1.165) is 18.8 Å². The molecule has 0 amide bonds. The van der Waals surface area contributed by atoms with Gasteiger partial charge in [0.25, 0.3) is 0 Å². The molecule has 0 aromatic carbocycles. The van der Waals surface area contributed by atoms with Crippen molar-refractivity contribution in [1.29, 1.82) is 0 Å². The van der Waals surface area contributed by atoms with E-state index in [1.807, 2.05) is 17.9 Å². The molecule has 0 aliphatic heterocycles. The van der Waals surface area contributed by atoms with Crippen LogP contribution in [0.15, 0.2) is 12.3 Å². The first kappa shape index (κ1) is 9.71. The molecule has 78 valence electrons. The molecular weight excluding hydrogens is 174 g/mol. The first-order chi connectivity index (χ1) is 6.75. The van der Waals surface area contributed by atoms with Crippen LogP contribution in [0.4, 0.5) is 0 Å². The Morgan fingerprint density at radius 1 is 1.64 bits per heavy atom. The summed E-state index contributed by atoms with van der Waals surface area (Å²) in [6, 6.07) is 2.46. The van der Waals surface area contributed by atoms with Crippen LogP contribution < -0.4 is 5.73 Å². The number of aromatic nitrogens is 2. The van der Waals surface area contributed by atoms with Gasteiger partial charge in [0, 0.05) is 25.0 Å². The summed E-state index contributed by atoms with van der Waals surface area (Å²) in [5, 5.41) is 4.14. The van der Waals surface area contributed by atoms with Gasteiger partial charge in [0.2, 0.25) is 0 Å². The Morgan fingerprint density at radius 3 is 3.00 bits per heavy atom. The van der Waals surface area contributed by atoms with Crippen molar-refractivity contribution in [2.45, 2.75) is 38.1 Å². The van der Waals surface area contributed by atoms with E-state index < -0.39 is 0 Å². The first-order valence-electron chi connectivity index (χ1n) is 5.48. The lowest BCUT2D eigenvalue weighted by molar-refractivity contribution is 0.523. The minimum absolute atomic E-state index is 0.386. The number of hydrogen-bond donors (Lipinski definition) is 1. The lowest BCUT2D eigenvalue weighted by atomic mass is 10.0. The highest BCUT2D eigenvalue weighted by molar-refractivity contribution is 5.00. The Bertz CT molecular complexity index is 288. The van der Waals surface area contributed by atoms with Gasteiger partial charge in [0.05, 0.1) is 0 Å². The third-order valence-electron chi connectivity index (χ3n) is 3.03. The zero-order valence-electron chi connectivity index (χ0n) is 8.82. The molecule has 0 spiro atoms. The highest BCUT2D eigenvalue weighted by atomic mass is 15.2. The number of nitrogens with zero attached hydrogens (tertiary/aromatic N) is 2. The van der Waals surface area contributed by atoms with Crippen LogP contribution in [0.1, 0.15) is 31.4 Å². The van der Waals surface area contributed by atoms with Gasteiger partial charge in [0.15, 0.2) is 0 Å². The van der Waals surface area contributed by atoms with E-state index in [4.69, 9.17) is 5.73 Å². The molecule has 3 heteroatoms. The van der Waals surface area contributed by atoms with Gasteiger partial charge in [-0.25, -0.2) is 0 Å². The normalized spacial score (nSPS) is 18.4. The molecule has 0 saturated heterocycles. The lowest BCUT2D eigenvalue weighted by Crippen LogP contribution is -2.21. The SMILES string of the molecule is Cn1nccc1CCC(N)CC1CC1. The second-order valence-corrected chi connectivity index (χ2v) is 4.42. The molecule has 3 nitrogen and oxygen atoms in total. The highest BCUT2D eigenvalue weighted by Gasteiger charge is 2.23. The second kappa shape index (κ2) is 4.13. The van der Waals surface area contributed by atoms with Crippen molar-refractivity contribution in [3.8, 4) is 0 Å². The Hall–Kier alpha value is -0.830. The molecule has 1 aromatic rings. The Kier molecular flexibility index (Phi) is 2.87. The summed E-state index contributed by atoms with van der Waals surface area (Å²) in [4.78, 5) is 0. The molecule has 2 N–H and O–H groups in total. The fraction of sp³-hybridized carbons (Fsp3) is 0.727. The molecule has 1 fully saturated rings. The maximum atomic E-state index is 6.05. The average molecular weight is 193 g/mol. The molecular formula is C11H19N3. The molecule has 14 heavy (non-hydrogen) atoms. The molecule has 0 radical (unpaired) electrons. The largest absolute Gasteiger partial charge is 0.328 e. The summed E-state index contributed by atoms with van der Waals surface area (Å²) in [5.41, 5.74) is 7.34. The van der Waals surface area contributed by atoms with E-state index in [1.165, 1.54) is 25.0 Å². The number of aryl methyl sites for hydroxylation is 2. The van der Waals surface area contributed by atoms with Gasteiger partial charge >= 0.3 is 0 Å². The van der Waals surface area contributed by atoms with E-state index in [1.54, 1.807) is 0 Å². The van der Waals surface area contributed by atoms with Crippen molar-refractivity contribution in [3.63, 3.8) is 0 Å². The van der Waals surface area contributed by atoms with E-state index in [2.05, 4.69) is 11.2 Å². The molecule has 1 heterocycles. The summed E-state index contributed by atoms with van der Waals surface area (Å²) >= 11 is 0. The van der Waals surface area contributed by atoms with Crippen LogP contribution in [0.3, 0.4) is 0 Å². The third-order valence-corrected chi connectivity index (χ3v) is 3.03. The first-order valence-corrected chi connectivity index (χ1v) is 5.48. The van der Waals surface area contributed by atoms with Gasteiger partial charge < -0.3 is 5.73 Å². The van der Waals surface area contributed by atoms with Crippen molar-refractivity contribution in [1.82, 2.24) is 9.78 Å². The minimum atomic E-state index is 0.386. The quantitative estimate of drug-likeness (QED) is 0.769. The summed E-state index contributed by atoms with van der Waals surface area (Å²) in [5.74, 6) is 0.941. The van der Waals surface area contributed by atoms with Gasteiger partial charge in [-0.05, 0) is 31.2 Å². The molecule has 0 bridgehead atoms. The van der Waals surface area contributed by atoms with Crippen LogP contribution >= 0.6 is 0 Å². The zero-order valence-corrected chi connectivity index (χ0v) is 8.82. The summed E-state index contributed by atoms with van der Waals surface area (Å²) < 4.78 is 1.93. The van der Waals surface area contributed by atoms with Crippen molar-refractivity contribution in [3.05, 3.63) is 18.0 Å². The van der Waals surface area contributed by atoms with Crippen LogP contribution in [0.25, 0.3) is 0 Å². The monoisotopic (exact) mass is 193 g/mol. The summed E-state index contributed by atoms with van der Waals surface area (Å²) in [6.07, 6.45) is 8.03. The van der Waals surface area contributed by atoms with E-state index >= 15 is 0 Å². The standard InChI is InChI=1S/C11H19N3/c1-14-11(6-7-13-14)5-4-10(12)8-9-2-3-9/h6-7,9-10H,2-5,8,12H2,1H3. The summed E-state index contributed by atoms with van der Waals surface area (Å²) in [6.45, 7) is 0. The second-order valence-electron chi connectivity index (χ2n) is 4.42. The maximum Gasteiger partial charge on any atom is 0.0492 e. The third kappa shape index (κ3) is 2.58. The predicted octanol–water partition coefficient (Wildman–Crippen LogP) is 1.48. The summed E-state index contributed by atoms with van der Waals surface area (Å²) in [7, 11) is 1.99. The van der Waals surface area contributed by atoms with Gasteiger partial charge in [-0.2, -0.15) is 5.10 Å². The van der Waals surface area contributed by atoms with E-state index in [9.17, 15) is 0 Å². The molecule has 1 saturated carbocycles. The minimum Gasteiger partial charge on any atom is -0.328 e. The van der Waals surface area contributed by atoms with E-state index in [0.29, 0.717) is 6.04 Å². The van der Waals surface area contributed by atoms with Crippen molar-refractivity contribution in [2.75, 3.05) is 0 Å². The molecule has 2 rings (SSSR count). The Balaban J connectivity index is 1.73. The van der Waals surface area contributed by atoms with Gasteiger partial charge in [0.1, 0.15) is 0 Å². The number of nitrogens with two attached hydrogens (primary N) is 1. The van der Waals surface area contributed by atoms with Crippen molar-refractivity contribution < 1.29 is 0 Å². The topological polar surface area (TPSA) is 43.8 Å². The van der Waals surface area contributed by atoms with Gasteiger partial charge in [-0.3, -0.25) is 4.68 Å². The smallest absolute Gasteiger partial charge is 0.0492 e. The molecule has 1 aromatic heterocycles. The zero-order chi connectivity index (χ0) is 9.97.